The molecule has 6 nitrogen and oxygen atoms in total. The van der Waals surface area contributed by atoms with Gasteiger partial charge in [0.15, 0.2) is 5.69 Å². The van der Waals surface area contributed by atoms with Crippen molar-refractivity contribution in [3.8, 4) is 16.9 Å². The van der Waals surface area contributed by atoms with E-state index in [0.717, 1.165) is 0 Å². The van der Waals surface area contributed by atoms with Crippen molar-refractivity contribution in [3.05, 3.63) is 48.0 Å². The predicted octanol–water partition coefficient (Wildman–Crippen LogP) is -0.672. The maximum Gasteiger partial charge on any atom is 0.311 e. The molecule has 0 spiro atoms. The number of nitrogens with zero attached hydrogens (tertiary/aromatic N) is 1. The van der Waals surface area contributed by atoms with Gasteiger partial charge in [-0.2, -0.15) is 0 Å². The number of carbonyl (C=O) groups is 2. The fourth-order valence-corrected chi connectivity index (χ4v) is 1.85. The van der Waals surface area contributed by atoms with E-state index < -0.39 is 28.8 Å². The summed E-state index contributed by atoms with van der Waals surface area (Å²) in [4.78, 5) is 26.9. The highest BCUT2D eigenvalue weighted by Gasteiger charge is 2.30. The monoisotopic (exact) mass is 314 g/mol. The quantitative estimate of drug-likeness (QED) is 0.650. The lowest BCUT2D eigenvalue weighted by molar-refractivity contribution is -0.138. The van der Waals surface area contributed by atoms with Crippen molar-refractivity contribution in [1.82, 2.24) is 10.3 Å². The summed E-state index contributed by atoms with van der Waals surface area (Å²) in [6.45, 7) is 0. The van der Waals surface area contributed by atoms with Gasteiger partial charge in [0, 0.05) is 11.8 Å². The number of aromatic hydroxyl groups is 1. The molecule has 23 heavy (non-hydrogen) atoms. The number of hydrogen-bond donors (Lipinski definition) is 3. The Bertz CT molecular complexity index is 783. The lowest BCUT2D eigenvalue weighted by atomic mass is 9.62. The molecule has 0 bridgehead atoms. The van der Waals surface area contributed by atoms with Crippen molar-refractivity contribution in [2.75, 3.05) is 0 Å². The fraction of sp³-hybridized carbons (Fsp3) is 0.0714. The summed E-state index contributed by atoms with van der Waals surface area (Å²) in [5.74, 6) is -2.90. The van der Waals surface area contributed by atoms with E-state index >= 15 is 0 Å². The minimum absolute atomic E-state index is 0.306. The van der Waals surface area contributed by atoms with Crippen molar-refractivity contribution >= 4 is 27.6 Å². The number of aliphatic carboxylic acids is 1. The average Bonchev–Trinajstić information content (AvgIpc) is 2.46. The Morgan fingerprint density at radius 2 is 1.91 bits per heavy atom. The number of amides is 1. The SMILES string of the molecule is BC(B)(NC(=O)c1ncc(-c2cccc(F)c2)cc1O)C(=O)O. The topological polar surface area (TPSA) is 99.5 Å². The summed E-state index contributed by atoms with van der Waals surface area (Å²) in [6, 6.07) is 6.96. The molecule has 0 aliphatic rings. The highest BCUT2D eigenvalue weighted by molar-refractivity contribution is 6.51. The number of halogens is 1. The number of carbonyl (C=O) groups excluding carboxylic acids is 1. The first-order chi connectivity index (χ1) is 10.7. The lowest BCUT2D eigenvalue weighted by Crippen LogP contribution is -2.55. The first-order valence-corrected chi connectivity index (χ1v) is 6.71. The molecule has 9 heteroatoms. The molecule has 1 aromatic heterocycles. The van der Waals surface area contributed by atoms with E-state index in [1.807, 2.05) is 0 Å². The molecule has 1 amide bonds. The molecule has 0 atom stereocenters. The first-order valence-electron chi connectivity index (χ1n) is 6.71. The summed E-state index contributed by atoms with van der Waals surface area (Å²) in [6.07, 6.45) is 1.30. The minimum Gasteiger partial charge on any atom is -0.505 e. The standard InChI is InChI=1S/C14H13B2FN2O4/c15-14(16,13(22)23)19-12(21)11-10(20)5-8(6-18-11)7-2-1-3-9(17)4-7/h1-6,20H,15-16H2,(H,19,21)(H,22,23). The van der Waals surface area contributed by atoms with Gasteiger partial charge in [0.2, 0.25) is 0 Å². The van der Waals surface area contributed by atoms with Gasteiger partial charge < -0.3 is 15.5 Å². The van der Waals surface area contributed by atoms with Gasteiger partial charge in [-0.3, -0.25) is 9.59 Å². The van der Waals surface area contributed by atoms with Gasteiger partial charge in [0.25, 0.3) is 5.91 Å². The molecule has 1 heterocycles. The number of benzene rings is 1. The van der Waals surface area contributed by atoms with Crippen LogP contribution in [-0.2, 0) is 4.79 Å². The largest absolute Gasteiger partial charge is 0.505 e. The van der Waals surface area contributed by atoms with Gasteiger partial charge >= 0.3 is 5.97 Å². The van der Waals surface area contributed by atoms with Crippen LogP contribution in [-0.4, -0.2) is 48.1 Å². The average molecular weight is 314 g/mol. The highest BCUT2D eigenvalue weighted by Crippen LogP contribution is 2.25. The van der Waals surface area contributed by atoms with Crippen LogP contribution in [0.4, 0.5) is 4.39 Å². The van der Waals surface area contributed by atoms with Crippen molar-refractivity contribution in [3.63, 3.8) is 0 Å². The second-order valence-electron chi connectivity index (χ2n) is 5.49. The van der Waals surface area contributed by atoms with E-state index in [1.165, 1.54) is 46.2 Å². The van der Waals surface area contributed by atoms with E-state index in [1.54, 1.807) is 6.07 Å². The minimum atomic E-state index is -1.51. The van der Waals surface area contributed by atoms with Crippen LogP contribution in [0.1, 0.15) is 10.5 Å². The maximum absolute atomic E-state index is 13.2. The Morgan fingerprint density at radius 3 is 2.48 bits per heavy atom. The van der Waals surface area contributed by atoms with E-state index in [4.69, 9.17) is 5.11 Å². The van der Waals surface area contributed by atoms with Crippen LogP contribution in [0.25, 0.3) is 11.1 Å². The third-order valence-corrected chi connectivity index (χ3v) is 3.20. The second kappa shape index (κ2) is 6.12. The molecule has 3 N–H and O–H groups in total. The molecule has 1 aromatic carbocycles. The lowest BCUT2D eigenvalue weighted by Gasteiger charge is -2.21. The van der Waals surface area contributed by atoms with E-state index in [2.05, 4.69) is 10.3 Å². The third-order valence-electron chi connectivity index (χ3n) is 3.20. The number of hydrogen-bond acceptors (Lipinski definition) is 4. The molecule has 0 aliphatic heterocycles. The Balaban J connectivity index is 2.29. The van der Waals surface area contributed by atoms with Crippen LogP contribution in [0.15, 0.2) is 36.5 Å². The van der Waals surface area contributed by atoms with Crippen LogP contribution < -0.4 is 5.32 Å². The first kappa shape index (κ1) is 16.5. The molecule has 0 saturated heterocycles. The third kappa shape index (κ3) is 3.68. The van der Waals surface area contributed by atoms with Gasteiger partial charge in [0.05, 0.1) is 5.34 Å². The predicted molar refractivity (Wildman–Crippen MR) is 86.2 cm³/mol. The number of rotatable bonds is 4. The van der Waals surface area contributed by atoms with Crippen LogP contribution in [0, 0.1) is 5.82 Å². The molecule has 0 radical (unpaired) electrons. The Kier molecular flexibility index (Phi) is 4.40. The van der Waals surface area contributed by atoms with Gasteiger partial charge in [-0.25, -0.2) is 9.37 Å². The fourth-order valence-electron chi connectivity index (χ4n) is 1.85. The van der Waals surface area contributed by atoms with Gasteiger partial charge in [-0.05, 0) is 23.8 Å². The van der Waals surface area contributed by atoms with Crippen LogP contribution in [0.3, 0.4) is 0 Å². The molecule has 2 aromatic rings. The molecule has 0 fully saturated rings. The molecule has 116 valence electrons. The number of nitrogens with one attached hydrogen (secondary N) is 1. The van der Waals surface area contributed by atoms with E-state index in [0.29, 0.717) is 11.1 Å². The number of pyridine rings is 1. The van der Waals surface area contributed by atoms with Crippen molar-refractivity contribution in [2.24, 2.45) is 0 Å². The zero-order valence-electron chi connectivity index (χ0n) is 12.5. The molecule has 2 rings (SSSR count). The van der Waals surface area contributed by atoms with Crippen LogP contribution in [0.5, 0.6) is 5.75 Å². The van der Waals surface area contributed by atoms with Crippen molar-refractivity contribution < 1.29 is 24.2 Å². The normalized spacial score (nSPS) is 11.0. The second-order valence-corrected chi connectivity index (χ2v) is 5.49. The van der Waals surface area contributed by atoms with Gasteiger partial charge in [-0.15, -0.1) is 0 Å². The molecule has 0 saturated carbocycles. The Hall–Kier alpha value is -2.83. The zero-order chi connectivity index (χ0) is 17.2. The molecular weight excluding hydrogens is 301 g/mol. The Morgan fingerprint density at radius 1 is 1.22 bits per heavy atom. The van der Waals surface area contributed by atoms with Gasteiger partial charge in [-0.1, -0.05) is 12.1 Å². The summed E-state index contributed by atoms with van der Waals surface area (Å²) in [7, 11) is 2.62. The maximum atomic E-state index is 13.2. The van der Waals surface area contributed by atoms with E-state index in [9.17, 15) is 19.1 Å². The van der Waals surface area contributed by atoms with Crippen molar-refractivity contribution in [2.45, 2.75) is 5.34 Å². The highest BCUT2D eigenvalue weighted by atomic mass is 19.1. The summed E-state index contributed by atoms with van der Waals surface area (Å²) in [5, 5.41) is 19.7. The Labute approximate surface area is 133 Å². The number of aromatic nitrogens is 1. The molecular formula is C14H13B2FN2O4. The van der Waals surface area contributed by atoms with Crippen LogP contribution >= 0.6 is 0 Å². The van der Waals surface area contributed by atoms with Crippen molar-refractivity contribution in [1.29, 1.82) is 0 Å². The summed E-state index contributed by atoms with van der Waals surface area (Å²) < 4.78 is 13.2. The summed E-state index contributed by atoms with van der Waals surface area (Å²) >= 11 is 0. The van der Waals surface area contributed by atoms with Gasteiger partial charge in [0.1, 0.15) is 27.3 Å². The smallest absolute Gasteiger partial charge is 0.311 e. The van der Waals surface area contributed by atoms with E-state index in [-0.39, 0.29) is 5.69 Å². The number of carboxylic acids is 1. The summed E-state index contributed by atoms with van der Waals surface area (Å²) in [5.41, 5.74) is 0.612. The van der Waals surface area contributed by atoms with Crippen LogP contribution in [0.2, 0.25) is 0 Å². The molecule has 0 unspecified atom stereocenters. The zero-order valence-corrected chi connectivity index (χ0v) is 12.5. The number of carboxylic acid groups (broad SMARTS) is 1. The molecule has 0 aliphatic carbocycles.